The summed E-state index contributed by atoms with van der Waals surface area (Å²) in [6.45, 7) is -1.58. The van der Waals surface area contributed by atoms with E-state index < -0.39 is 12.5 Å². The molecule has 0 spiro atoms. The molecule has 0 atom stereocenters. The fraction of sp³-hybridized carbons (Fsp3) is 0.150. The number of hydrogen-bond acceptors (Lipinski definition) is 6. The Hall–Kier alpha value is -3.33. The monoisotopic (exact) mass is 418 g/mol. The van der Waals surface area contributed by atoms with E-state index in [0.29, 0.717) is 10.6 Å². The minimum absolute atomic E-state index is 0.00788. The Bertz CT molecular complexity index is 1040. The Morgan fingerprint density at radius 1 is 1.10 bits per heavy atom. The number of amides is 1. The predicted molar refractivity (Wildman–Crippen MR) is 105 cm³/mol. The van der Waals surface area contributed by atoms with E-state index in [1.165, 1.54) is 32.2 Å². The van der Waals surface area contributed by atoms with Crippen molar-refractivity contribution in [3.05, 3.63) is 59.0 Å². The van der Waals surface area contributed by atoms with Crippen LogP contribution in [0.2, 0.25) is 0 Å². The van der Waals surface area contributed by atoms with Gasteiger partial charge in [0, 0.05) is 18.1 Å². The van der Waals surface area contributed by atoms with Crippen LogP contribution >= 0.6 is 11.3 Å². The third kappa shape index (κ3) is 4.75. The number of alkyl halides is 2. The maximum Gasteiger partial charge on any atom is 0.387 e. The van der Waals surface area contributed by atoms with Gasteiger partial charge in [-0.15, -0.1) is 0 Å². The van der Waals surface area contributed by atoms with Gasteiger partial charge in [0.1, 0.15) is 0 Å². The van der Waals surface area contributed by atoms with Gasteiger partial charge >= 0.3 is 6.61 Å². The van der Waals surface area contributed by atoms with E-state index in [9.17, 15) is 18.4 Å². The van der Waals surface area contributed by atoms with Gasteiger partial charge in [0.25, 0.3) is 5.91 Å². The van der Waals surface area contributed by atoms with Crippen LogP contribution in [0.3, 0.4) is 0 Å². The van der Waals surface area contributed by atoms with Gasteiger partial charge in [0.2, 0.25) is 0 Å². The summed E-state index contributed by atoms with van der Waals surface area (Å²) in [4.78, 5) is 29.4. The lowest BCUT2D eigenvalue weighted by molar-refractivity contribution is -0.0512. The van der Waals surface area contributed by atoms with Gasteiger partial charge in [0.05, 0.1) is 17.7 Å². The molecule has 0 unspecified atom stereocenters. The number of hydrogen-bond donors (Lipinski definition) is 1. The Labute approximate surface area is 169 Å². The number of carbonyl (C=O) groups is 2. The van der Waals surface area contributed by atoms with Crippen molar-refractivity contribution in [3.63, 3.8) is 0 Å². The number of rotatable bonds is 7. The highest BCUT2D eigenvalue weighted by Gasteiger charge is 2.19. The smallest absolute Gasteiger partial charge is 0.387 e. The third-order valence-electron chi connectivity index (χ3n) is 3.86. The molecule has 1 amide bonds. The molecule has 0 fully saturated rings. The van der Waals surface area contributed by atoms with E-state index in [1.54, 1.807) is 0 Å². The Balaban J connectivity index is 1.87. The van der Waals surface area contributed by atoms with E-state index in [-0.39, 0.29) is 28.0 Å². The van der Waals surface area contributed by atoms with Crippen LogP contribution in [0.15, 0.2) is 48.5 Å². The number of anilines is 1. The predicted octanol–water partition coefficient (Wildman–Crippen LogP) is 4.88. The van der Waals surface area contributed by atoms with E-state index in [1.807, 2.05) is 30.3 Å². The fourth-order valence-corrected chi connectivity index (χ4v) is 3.45. The molecule has 1 aromatic heterocycles. The highest BCUT2D eigenvalue weighted by atomic mass is 32.1. The Kier molecular flexibility index (Phi) is 6.18. The highest BCUT2D eigenvalue weighted by molar-refractivity contribution is 7.18. The van der Waals surface area contributed by atoms with Gasteiger partial charge in [-0.05, 0) is 18.2 Å². The maximum atomic E-state index is 12.6. The number of ether oxygens (including phenoxy) is 2. The summed E-state index contributed by atoms with van der Waals surface area (Å²) in [5.41, 5.74) is 1.39. The lowest BCUT2D eigenvalue weighted by atomic mass is 10.1. The first kappa shape index (κ1) is 20.4. The van der Waals surface area contributed by atoms with Gasteiger partial charge < -0.3 is 9.47 Å². The number of methoxy groups -OCH3 is 1. The van der Waals surface area contributed by atoms with Gasteiger partial charge in [0.15, 0.2) is 22.4 Å². The zero-order valence-corrected chi connectivity index (χ0v) is 16.3. The van der Waals surface area contributed by atoms with Gasteiger partial charge in [-0.2, -0.15) is 8.78 Å². The molecule has 3 rings (SSSR count). The number of aromatic nitrogens is 1. The molecule has 1 N–H and O–H groups in total. The van der Waals surface area contributed by atoms with Crippen LogP contribution in [0.4, 0.5) is 13.9 Å². The fourth-order valence-electron chi connectivity index (χ4n) is 2.58. The molecule has 1 heterocycles. The van der Waals surface area contributed by atoms with Gasteiger partial charge in [-0.25, -0.2) is 4.98 Å². The lowest BCUT2D eigenvalue weighted by Crippen LogP contribution is -2.12. The van der Waals surface area contributed by atoms with Gasteiger partial charge in [-0.1, -0.05) is 41.7 Å². The molecule has 0 aliphatic carbocycles. The molecular weight excluding hydrogens is 402 g/mol. The van der Waals surface area contributed by atoms with Crippen molar-refractivity contribution in [2.24, 2.45) is 0 Å². The zero-order chi connectivity index (χ0) is 21.0. The summed E-state index contributed by atoms with van der Waals surface area (Å²) in [5, 5.41) is 2.87. The second kappa shape index (κ2) is 8.78. The van der Waals surface area contributed by atoms with Crippen molar-refractivity contribution < 1.29 is 27.8 Å². The number of nitrogens with zero attached hydrogens (tertiary/aromatic N) is 1. The molecule has 0 aliphatic heterocycles. The standard InChI is InChI=1S/C20H16F2N2O4S/c1-11(25)17-16(12-6-4-3-5-7-12)23-20(29-17)24-18(26)13-8-9-14(28-19(21)22)15(10-13)27-2/h3-10,19H,1-2H3,(H,23,24,26). The van der Waals surface area contributed by atoms with E-state index in [2.05, 4.69) is 15.0 Å². The lowest BCUT2D eigenvalue weighted by Gasteiger charge is -2.11. The molecule has 3 aromatic rings. The number of nitrogens with one attached hydrogen (secondary N) is 1. The van der Waals surface area contributed by atoms with E-state index in [4.69, 9.17) is 4.74 Å². The molecular formula is C20H16F2N2O4S. The Morgan fingerprint density at radius 3 is 2.45 bits per heavy atom. The minimum atomic E-state index is -3.01. The van der Waals surface area contributed by atoms with Crippen molar-refractivity contribution in [1.82, 2.24) is 4.98 Å². The van der Waals surface area contributed by atoms with E-state index >= 15 is 0 Å². The summed E-state index contributed by atoms with van der Waals surface area (Å²) in [6, 6.07) is 13.0. The molecule has 0 aliphatic rings. The quantitative estimate of drug-likeness (QED) is 0.554. The van der Waals surface area contributed by atoms with Crippen LogP contribution in [0.1, 0.15) is 27.0 Å². The average molecular weight is 418 g/mol. The summed E-state index contributed by atoms with van der Waals surface area (Å²) in [6.07, 6.45) is 0. The molecule has 150 valence electrons. The summed E-state index contributed by atoms with van der Waals surface area (Å²) >= 11 is 1.06. The number of carbonyl (C=O) groups excluding carboxylic acids is 2. The normalized spacial score (nSPS) is 10.7. The van der Waals surface area contributed by atoms with Crippen molar-refractivity contribution >= 4 is 28.2 Å². The molecule has 29 heavy (non-hydrogen) atoms. The van der Waals surface area contributed by atoms with Crippen LogP contribution in [-0.4, -0.2) is 30.4 Å². The number of benzene rings is 2. The van der Waals surface area contributed by atoms with Crippen molar-refractivity contribution in [3.8, 4) is 22.8 Å². The number of ketones is 1. The zero-order valence-electron chi connectivity index (χ0n) is 15.4. The molecule has 0 saturated carbocycles. The highest BCUT2D eigenvalue weighted by Crippen LogP contribution is 2.33. The molecule has 0 radical (unpaired) electrons. The van der Waals surface area contributed by atoms with Gasteiger partial charge in [-0.3, -0.25) is 14.9 Å². The summed E-state index contributed by atoms with van der Waals surface area (Å²) in [7, 11) is 1.28. The summed E-state index contributed by atoms with van der Waals surface area (Å²) in [5.74, 6) is -0.891. The van der Waals surface area contributed by atoms with Crippen molar-refractivity contribution in [2.75, 3.05) is 12.4 Å². The number of halogens is 2. The van der Waals surface area contributed by atoms with Crippen LogP contribution < -0.4 is 14.8 Å². The first-order chi connectivity index (χ1) is 13.9. The maximum absolute atomic E-state index is 12.6. The average Bonchev–Trinajstić information content (AvgIpc) is 3.12. The number of Topliss-reactive ketones (excluding diaryl/α,β-unsaturated/α-hetero) is 1. The summed E-state index contributed by atoms with van der Waals surface area (Å²) < 4.78 is 34.2. The second-order valence-electron chi connectivity index (χ2n) is 5.82. The number of thiazole rings is 1. The topological polar surface area (TPSA) is 77.5 Å². The molecule has 6 nitrogen and oxygen atoms in total. The Morgan fingerprint density at radius 2 is 1.83 bits per heavy atom. The SMILES string of the molecule is COc1cc(C(=O)Nc2nc(-c3ccccc3)c(C(C)=O)s2)ccc1OC(F)F. The molecule has 2 aromatic carbocycles. The molecule has 0 saturated heterocycles. The largest absolute Gasteiger partial charge is 0.493 e. The van der Waals surface area contributed by atoms with Crippen LogP contribution in [0, 0.1) is 0 Å². The van der Waals surface area contributed by atoms with Crippen LogP contribution in [-0.2, 0) is 0 Å². The van der Waals surface area contributed by atoms with E-state index in [0.717, 1.165) is 16.9 Å². The second-order valence-corrected chi connectivity index (χ2v) is 6.82. The van der Waals surface area contributed by atoms with Crippen molar-refractivity contribution in [1.29, 1.82) is 0 Å². The third-order valence-corrected chi connectivity index (χ3v) is 4.93. The van der Waals surface area contributed by atoms with Crippen LogP contribution in [0.25, 0.3) is 11.3 Å². The minimum Gasteiger partial charge on any atom is -0.493 e. The van der Waals surface area contributed by atoms with Crippen LogP contribution in [0.5, 0.6) is 11.5 Å². The van der Waals surface area contributed by atoms with Crippen molar-refractivity contribution in [2.45, 2.75) is 13.5 Å². The first-order valence-corrected chi connectivity index (χ1v) is 9.22. The first-order valence-electron chi connectivity index (χ1n) is 8.40. The molecule has 0 bridgehead atoms. The molecule has 9 heteroatoms.